The zero-order chi connectivity index (χ0) is 14.8. The number of rotatable bonds is 3. The van der Waals surface area contributed by atoms with E-state index in [4.69, 9.17) is 4.74 Å². The summed E-state index contributed by atoms with van der Waals surface area (Å²) in [5, 5.41) is 5.05. The van der Waals surface area contributed by atoms with E-state index >= 15 is 0 Å². The van der Waals surface area contributed by atoms with Crippen LogP contribution in [0.3, 0.4) is 0 Å². The van der Waals surface area contributed by atoms with Crippen LogP contribution in [0.15, 0.2) is 23.6 Å². The van der Waals surface area contributed by atoms with Crippen LogP contribution < -0.4 is 5.32 Å². The molecule has 1 aromatic carbocycles. The molecule has 110 valence electrons. The highest BCUT2D eigenvalue weighted by Gasteiger charge is 2.22. The lowest BCUT2D eigenvalue weighted by Gasteiger charge is -2.06. The molecule has 0 unspecified atom stereocenters. The molecule has 2 heterocycles. The summed E-state index contributed by atoms with van der Waals surface area (Å²) in [6.45, 7) is 2.58. The summed E-state index contributed by atoms with van der Waals surface area (Å²) in [6.07, 6.45) is 1.94. The van der Waals surface area contributed by atoms with E-state index in [2.05, 4.69) is 10.3 Å². The predicted molar refractivity (Wildman–Crippen MR) is 79.1 cm³/mol. The van der Waals surface area contributed by atoms with Crippen LogP contribution in [0.5, 0.6) is 0 Å². The Hall–Kier alpha value is -1.79. The lowest BCUT2D eigenvalue weighted by Crippen LogP contribution is -2.14. The highest BCUT2D eigenvalue weighted by molar-refractivity contribution is 7.09. The van der Waals surface area contributed by atoms with Crippen molar-refractivity contribution in [2.24, 2.45) is 0 Å². The number of carbonyl (C=O) groups is 1. The third kappa shape index (κ3) is 3.11. The van der Waals surface area contributed by atoms with E-state index in [0.717, 1.165) is 30.0 Å². The molecule has 1 aromatic heterocycles. The maximum atomic E-state index is 13.6. The molecule has 0 saturated carbocycles. The van der Waals surface area contributed by atoms with Crippen LogP contribution in [0.25, 0.3) is 0 Å². The molecule has 0 aliphatic carbocycles. The lowest BCUT2D eigenvalue weighted by molar-refractivity contribution is 0.101. The molecule has 1 aliphatic heterocycles. The first-order valence-electron chi connectivity index (χ1n) is 6.78. The SMILES string of the molecule is Cc1ccc(F)c(NC(=O)c2csc([C@H]3CCCO3)n2)c1. The number of benzene rings is 1. The van der Waals surface area contributed by atoms with Gasteiger partial charge in [-0.1, -0.05) is 6.07 Å². The number of thiazole rings is 1. The molecule has 1 N–H and O–H groups in total. The fourth-order valence-electron chi connectivity index (χ4n) is 2.23. The summed E-state index contributed by atoms with van der Waals surface area (Å²) < 4.78 is 19.2. The van der Waals surface area contributed by atoms with Gasteiger partial charge in [0.25, 0.3) is 5.91 Å². The Kier molecular flexibility index (Phi) is 3.98. The summed E-state index contributed by atoms with van der Waals surface area (Å²) in [5.41, 5.74) is 1.35. The zero-order valence-electron chi connectivity index (χ0n) is 11.6. The van der Waals surface area contributed by atoms with Crippen LogP contribution in [-0.4, -0.2) is 17.5 Å². The van der Waals surface area contributed by atoms with E-state index in [0.29, 0.717) is 5.69 Å². The third-order valence-electron chi connectivity index (χ3n) is 3.33. The molecule has 0 radical (unpaired) electrons. The minimum absolute atomic E-state index is 0.00717. The lowest BCUT2D eigenvalue weighted by atomic mass is 10.2. The topological polar surface area (TPSA) is 51.2 Å². The Morgan fingerprint density at radius 3 is 3.14 bits per heavy atom. The largest absolute Gasteiger partial charge is 0.371 e. The highest BCUT2D eigenvalue weighted by atomic mass is 32.1. The molecule has 3 rings (SSSR count). The first-order valence-corrected chi connectivity index (χ1v) is 7.66. The van der Waals surface area contributed by atoms with Crippen molar-refractivity contribution in [1.29, 1.82) is 0 Å². The van der Waals surface area contributed by atoms with Gasteiger partial charge in [-0.05, 0) is 37.5 Å². The number of aryl methyl sites for hydroxylation is 1. The number of anilines is 1. The van der Waals surface area contributed by atoms with E-state index in [1.54, 1.807) is 17.5 Å². The second-order valence-corrected chi connectivity index (χ2v) is 5.90. The van der Waals surface area contributed by atoms with Crippen LogP contribution >= 0.6 is 11.3 Å². The van der Waals surface area contributed by atoms with E-state index in [9.17, 15) is 9.18 Å². The quantitative estimate of drug-likeness (QED) is 0.941. The van der Waals surface area contributed by atoms with Crippen LogP contribution in [0.1, 0.15) is 40.0 Å². The van der Waals surface area contributed by atoms with Crippen molar-refractivity contribution in [1.82, 2.24) is 4.98 Å². The molecule has 1 amide bonds. The average molecular weight is 306 g/mol. The van der Waals surface area contributed by atoms with E-state index in [-0.39, 0.29) is 11.8 Å². The maximum absolute atomic E-state index is 13.6. The molecule has 0 bridgehead atoms. The van der Waals surface area contributed by atoms with Crippen molar-refractivity contribution in [3.8, 4) is 0 Å². The van der Waals surface area contributed by atoms with E-state index in [1.807, 2.05) is 6.92 Å². The standard InChI is InChI=1S/C15H15FN2O2S/c1-9-4-5-10(16)11(7-9)17-14(19)12-8-21-15(18-12)13-3-2-6-20-13/h4-5,7-8,13H,2-3,6H2,1H3,(H,17,19)/t13-/m1/s1. The van der Waals surface area contributed by atoms with Gasteiger partial charge in [-0.15, -0.1) is 11.3 Å². The minimum atomic E-state index is -0.455. The van der Waals surface area contributed by atoms with E-state index < -0.39 is 11.7 Å². The Bertz CT molecular complexity index is 665. The van der Waals surface area contributed by atoms with Crippen molar-refractivity contribution in [2.45, 2.75) is 25.9 Å². The average Bonchev–Trinajstić information content (AvgIpc) is 3.12. The number of nitrogens with one attached hydrogen (secondary N) is 1. The van der Waals surface area contributed by atoms with Gasteiger partial charge < -0.3 is 10.1 Å². The van der Waals surface area contributed by atoms with Gasteiger partial charge in [-0.2, -0.15) is 0 Å². The molecule has 1 aliphatic rings. The van der Waals surface area contributed by atoms with Crippen molar-refractivity contribution in [3.05, 3.63) is 45.7 Å². The van der Waals surface area contributed by atoms with Gasteiger partial charge in [0.2, 0.25) is 0 Å². The van der Waals surface area contributed by atoms with Gasteiger partial charge in [0.05, 0.1) is 5.69 Å². The molecular formula is C15H15FN2O2S. The Labute approximate surface area is 126 Å². The summed E-state index contributed by atoms with van der Waals surface area (Å²) in [6, 6.07) is 4.59. The van der Waals surface area contributed by atoms with Crippen molar-refractivity contribution in [3.63, 3.8) is 0 Å². The number of aromatic nitrogens is 1. The summed E-state index contributed by atoms with van der Waals surface area (Å²) >= 11 is 1.40. The maximum Gasteiger partial charge on any atom is 0.275 e. The number of hydrogen-bond acceptors (Lipinski definition) is 4. The summed E-state index contributed by atoms with van der Waals surface area (Å²) in [7, 11) is 0. The zero-order valence-corrected chi connectivity index (χ0v) is 12.4. The molecule has 1 fully saturated rings. The normalized spacial score (nSPS) is 17.9. The van der Waals surface area contributed by atoms with Crippen molar-refractivity contribution in [2.75, 3.05) is 11.9 Å². The molecule has 21 heavy (non-hydrogen) atoms. The summed E-state index contributed by atoms with van der Waals surface area (Å²) in [4.78, 5) is 16.4. The Morgan fingerprint density at radius 1 is 1.52 bits per heavy atom. The number of ether oxygens (including phenoxy) is 1. The van der Waals surface area contributed by atoms with Gasteiger partial charge in [-0.25, -0.2) is 9.37 Å². The van der Waals surface area contributed by atoms with E-state index in [1.165, 1.54) is 17.4 Å². The van der Waals surface area contributed by atoms with Gasteiger partial charge in [0.1, 0.15) is 22.6 Å². The smallest absolute Gasteiger partial charge is 0.275 e. The molecule has 2 aromatic rings. The first-order chi connectivity index (χ1) is 10.1. The van der Waals surface area contributed by atoms with Gasteiger partial charge in [0, 0.05) is 12.0 Å². The number of nitrogens with zero attached hydrogens (tertiary/aromatic N) is 1. The van der Waals surface area contributed by atoms with Gasteiger partial charge in [0.15, 0.2) is 0 Å². The second-order valence-electron chi connectivity index (χ2n) is 5.01. The second kappa shape index (κ2) is 5.91. The minimum Gasteiger partial charge on any atom is -0.371 e. The molecule has 1 saturated heterocycles. The van der Waals surface area contributed by atoms with Crippen molar-refractivity contribution >= 4 is 22.9 Å². The molecule has 0 spiro atoms. The van der Waals surface area contributed by atoms with Gasteiger partial charge in [-0.3, -0.25) is 4.79 Å². The summed E-state index contributed by atoms with van der Waals surface area (Å²) in [5.74, 6) is -0.858. The Balaban J connectivity index is 1.74. The first kappa shape index (κ1) is 14.2. The fraction of sp³-hybridized carbons (Fsp3) is 0.333. The van der Waals surface area contributed by atoms with Crippen LogP contribution in [-0.2, 0) is 4.74 Å². The van der Waals surface area contributed by atoms with Gasteiger partial charge >= 0.3 is 0 Å². The third-order valence-corrected chi connectivity index (χ3v) is 4.27. The number of amides is 1. The number of halogens is 1. The van der Waals surface area contributed by atoms with Crippen LogP contribution in [0.2, 0.25) is 0 Å². The number of hydrogen-bond donors (Lipinski definition) is 1. The molecule has 4 nitrogen and oxygen atoms in total. The monoisotopic (exact) mass is 306 g/mol. The highest BCUT2D eigenvalue weighted by Crippen LogP contribution is 2.30. The molecule has 6 heteroatoms. The van der Waals surface area contributed by atoms with Crippen LogP contribution in [0.4, 0.5) is 10.1 Å². The van der Waals surface area contributed by atoms with Crippen LogP contribution in [0, 0.1) is 12.7 Å². The molecular weight excluding hydrogens is 291 g/mol. The Morgan fingerprint density at radius 2 is 2.38 bits per heavy atom. The number of carbonyl (C=O) groups excluding carboxylic acids is 1. The van der Waals surface area contributed by atoms with Crippen molar-refractivity contribution < 1.29 is 13.9 Å². The fourth-order valence-corrected chi connectivity index (χ4v) is 3.11. The molecule has 1 atom stereocenters. The predicted octanol–water partition coefficient (Wildman–Crippen LogP) is 3.69.